The van der Waals surface area contributed by atoms with Gasteiger partial charge >= 0.3 is 5.97 Å². The summed E-state index contributed by atoms with van der Waals surface area (Å²) in [6, 6.07) is 0.407. The lowest BCUT2D eigenvalue weighted by Crippen LogP contribution is -2.32. The molecule has 1 saturated heterocycles. The van der Waals surface area contributed by atoms with Crippen molar-refractivity contribution in [1.82, 2.24) is 5.01 Å². The van der Waals surface area contributed by atoms with Crippen LogP contribution in [0, 0.1) is 11.8 Å². The molecule has 5 nitrogen and oxygen atoms in total. The Morgan fingerprint density at radius 3 is 2.68 bits per heavy atom. The zero-order valence-corrected chi connectivity index (χ0v) is 16.3. The highest BCUT2D eigenvalue weighted by Crippen LogP contribution is 2.34. The second-order valence-corrected chi connectivity index (χ2v) is 7.56. The molecule has 2 fully saturated rings. The highest BCUT2D eigenvalue weighted by atomic mass is 16.5. The van der Waals surface area contributed by atoms with Crippen molar-refractivity contribution in [2.45, 2.75) is 77.2 Å². The Morgan fingerprint density at radius 2 is 1.96 bits per heavy atom. The summed E-state index contributed by atoms with van der Waals surface area (Å²) >= 11 is 0. The van der Waals surface area contributed by atoms with E-state index in [1.807, 2.05) is 0 Å². The van der Waals surface area contributed by atoms with Crippen molar-refractivity contribution < 1.29 is 14.3 Å². The summed E-state index contributed by atoms with van der Waals surface area (Å²) in [5.74, 6) is 0.414. The van der Waals surface area contributed by atoms with Gasteiger partial charge in [-0.05, 0) is 50.9 Å². The summed E-state index contributed by atoms with van der Waals surface area (Å²) < 4.78 is 10.4. The van der Waals surface area contributed by atoms with Crippen LogP contribution in [0.3, 0.4) is 0 Å². The van der Waals surface area contributed by atoms with Crippen molar-refractivity contribution >= 4 is 11.7 Å². The number of carbonyl (C=O) groups excluding carboxylic acids is 1. The second kappa shape index (κ2) is 10.8. The number of hydrazone groups is 1. The Bertz CT molecular complexity index is 439. The first-order chi connectivity index (χ1) is 12.2. The maximum Gasteiger partial charge on any atom is 0.308 e. The highest BCUT2D eigenvalue weighted by molar-refractivity contribution is 5.85. The van der Waals surface area contributed by atoms with Crippen molar-refractivity contribution in [3.8, 4) is 0 Å². The SMILES string of the molecule is CCCC/C(C[C@H]1CCCC[C@@H]1C(=O)OC)=N\N1CCC[C@H]1COC. The third-order valence-corrected chi connectivity index (χ3v) is 5.70. The normalized spacial score (nSPS) is 27.6. The van der Waals surface area contributed by atoms with E-state index in [-0.39, 0.29) is 11.9 Å². The number of nitrogens with zero attached hydrogens (tertiary/aromatic N) is 2. The predicted molar refractivity (Wildman–Crippen MR) is 101 cm³/mol. The molecular weight excluding hydrogens is 316 g/mol. The van der Waals surface area contributed by atoms with Gasteiger partial charge in [0.05, 0.1) is 25.7 Å². The van der Waals surface area contributed by atoms with E-state index in [0.717, 1.165) is 58.1 Å². The quantitative estimate of drug-likeness (QED) is 0.465. The van der Waals surface area contributed by atoms with Crippen LogP contribution in [-0.4, -0.2) is 50.1 Å². The number of unbranched alkanes of at least 4 members (excludes halogenated alkanes) is 1. The molecule has 25 heavy (non-hydrogen) atoms. The minimum absolute atomic E-state index is 0.0297. The number of hydrogen-bond acceptors (Lipinski definition) is 5. The van der Waals surface area contributed by atoms with Crippen LogP contribution in [0.4, 0.5) is 0 Å². The van der Waals surface area contributed by atoms with Crippen molar-refractivity contribution in [2.75, 3.05) is 27.4 Å². The van der Waals surface area contributed by atoms with Gasteiger partial charge in [0.1, 0.15) is 0 Å². The average Bonchev–Trinajstić information content (AvgIpc) is 3.06. The smallest absolute Gasteiger partial charge is 0.308 e. The zero-order valence-electron chi connectivity index (χ0n) is 16.3. The van der Waals surface area contributed by atoms with Crippen LogP contribution in [0.15, 0.2) is 5.10 Å². The zero-order chi connectivity index (χ0) is 18.1. The summed E-state index contributed by atoms with van der Waals surface area (Å²) in [5, 5.41) is 7.29. The van der Waals surface area contributed by atoms with Crippen LogP contribution >= 0.6 is 0 Å². The van der Waals surface area contributed by atoms with Crippen LogP contribution in [0.1, 0.15) is 71.1 Å². The first-order valence-electron chi connectivity index (χ1n) is 10.1. The molecule has 0 aromatic heterocycles. The number of ether oxygens (including phenoxy) is 2. The standard InChI is InChI=1S/C20H36N2O3/c1-4-5-10-17(21-22-13-8-11-18(22)15-24-2)14-16-9-6-7-12-19(16)20(23)25-3/h16,18-19H,4-15H2,1-3H3/b21-17+/t16-,18+,19+/m1/s1. The minimum Gasteiger partial charge on any atom is -0.469 e. The molecule has 0 unspecified atom stereocenters. The number of rotatable bonds is 9. The number of methoxy groups -OCH3 is 2. The highest BCUT2D eigenvalue weighted by Gasteiger charge is 2.33. The Kier molecular flexibility index (Phi) is 8.73. The van der Waals surface area contributed by atoms with Crippen LogP contribution in [-0.2, 0) is 14.3 Å². The van der Waals surface area contributed by atoms with E-state index < -0.39 is 0 Å². The molecule has 3 atom stereocenters. The Balaban J connectivity index is 2.07. The van der Waals surface area contributed by atoms with Gasteiger partial charge in [-0.25, -0.2) is 0 Å². The second-order valence-electron chi connectivity index (χ2n) is 7.56. The predicted octanol–water partition coefficient (Wildman–Crippen LogP) is 4.01. The topological polar surface area (TPSA) is 51.1 Å². The number of esters is 1. The largest absolute Gasteiger partial charge is 0.469 e. The lowest BCUT2D eigenvalue weighted by atomic mass is 9.76. The Morgan fingerprint density at radius 1 is 1.16 bits per heavy atom. The summed E-state index contributed by atoms with van der Waals surface area (Å²) in [6.45, 7) is 3.99. The van der Waals surface area contributed by atoms with Gasteiger partial charge in [0, 0.05) is 19.4 Å². The first-order valence-corrected chi connectivity index (χ1v) is 10.1. The van der Waals surface area contributed by atoms with Crippen LogP contribution in [0.2, 0.25) is 0 Å². The van der Waals surface area contributed by atoms with Gasteiger partial charge in [0.15, 0.2) is 0 Å². The molecule has 1 aliphatic carbocycles. The van der Waals surface area contributed by atoms with E-state index in [9.17, 15) is 4.79 Å². The van der Waals surface area contributed by atoms with Crippen molar-refractivity contribution in [3.63, 3.8) is 0 Å². The molecule has 5 heteroatoms. The molecule has 0 N–H and O–H groups in total. The van der Waals surface area contributed by atoms with Gasteiger partial charge in [0.2, 0.25) is 0 Å². The molecule has 0 bridgehead atoms. The molecule has 0 aromatic rings. The summed E-state index contributed by atoms with van der Waals surface area (Å²) in [6.07, 6.45) is 11.1. The minimum atomic E-state index is -0.0297. The van der Waals surface area contributed by atoms with Crippen molar-refractivity contribution in [1.29, 1.82) is 0 Å². The van der Waals surface area contributed by atoms with E-state index in [4.69, 9.17) is 14.6 Å². The average molecular weight is 353 g/mol. The third kappa shape index (κ3) is 5.98. The molecule has 144 valence electrons. The fourth-order valence-electron chi connectivity index (χ4n) is 4.29. The van der Waals surface area contributed by atoms with E-state index in [0.29, 0.717) is 12.0 Å². The van der Waals surface area contributed by atoms with Crippen LogP contribution in [0.5, 0.6) is 0 Å². The van der Waals surface area contributed by atoms with Gasteiger partial charge < -0.3 is 9.47 Å². The lowest BCUT2D eigenvalue weighted by Gasteiger charge is -2.30. The Labute approximate surface area is 153 Å². The van der Waals surface area contributed by atoms with Gasteiger partial charge in [0.25, 0.3) is 0 Å². The summed E-state index contributed by atoms with van der Waals surface area (Å²) in [4.78, 5) is 12.2. The van der Waals surface area contributed by atoms with Crippen molar-refractivity contribution in [2.24, 2.45) is 16.9 Å². The van der Waals surface area contributed by atoms with Crippen molar-refractivity contribution in [3.05, 3.63) is 0 Å². The number of hydrogen-bond donors (Lipinski definition) is 0. The summed E-state index contributed by atoms with van der Waals surface area (Å²) in [7, 11) is 3.28. The van der Waals surface area contributed by atoms with E-state index >= 15 is 0 Å². The maximum atomic E-state index is 12.2. The van der Waals surface area contributed by atoms with E-state index in [2.05, 4.69) is 11.9 Å². The monoisotopic (exact) mass is 352 g/mol. The molecule has 2 rings (SSSR count). The van der Waals surface area contributed by atoms with Gasteiger partial charge in [-0.1, -0.05) is 26.2 Å². The Hall–Kier alpha value is -1.10. The van der Waals surface area contributed by atoms with Gasteiger partial charge in [-0.3, -0.25) is 9.80 Å². The molecule has 0 radical (unpaired) electrons. The van der Waals surface area contributed by atoms with Crippen LogP contribution in [0.25, 0.3) is 0 Å². The molecule has 0 spiro atoms. The fraction of sp³-hybridized carbons (Fsp3) is 0.900. The molecular formula is C20H36N2O3. The molecule has 1 heterocycles. The molecule has 0 aromatic carbocycles. The molecule has 2 aliphatic rings. The summed E-state index contributed by atoms with van der Waals surface area (Å²) in [5.41, 5.74) is 1.27. The van der Waals surface area contributed by atoms with E-state index in [1.165, 1.54) is 32.1 Å². The first kappa shape index (κ1) is 20.2. The van der Waals surface area contributed by atoms with Gasteiger partial charge in [-0.2, -0.15) is 5.10 Å². The lowest BCUT2D eigenvalue weighted by molar-refractivity contribution is -0.148. The maximum absolute atomic E-state index is 12.2. The van der Waals surface area contributed by atoms with Gasteiger partial charge in [-0.15, -0.1) is 0 Å². The fourth-order valence-corrected chi connectivity index (χ4v) is 4.29. The van der Waals surface area contributed by atoms with Crippen LogP contribution < -0.4 is 0 Å². The number of carbonyl (C=O) groups is 1. The van der Waals surface area contributed by atoms with E-state index in [1.54, 1.807) is 7.11 Å². The molecule has 1 aliphatic heterocycles. The third-order valence-electron chi connectivity index (χ3n) is 5.70. The molecule has 1 saturated carbocycles. The molecule has 0 amide bonds.